The summed E-state index contributed by atoms with van der Waals surface area (Å²) in [4.78, 5) is 0. The van der Waals surface area contributed by atoms with Crippen LogP contribution in [0.3, 0.4) is 0 Å². The summed E-state index contributed by atoms with van der Waals surface area (Å²) in [5.41, 5.74) is 2.40. The summed E-state index contributed by atoms with van der Waals surface area (Å²) in [6.45, 7) is 8.39. The molecule has 0 spiro atoms. The number of methoxy groups -OCH3 is 1. The minimum Gasteiger partial charge on any atom is -0.493 e. The van der Waals surface area contributed by atoms with E-state index in [2.05, 4.69) is 19.2 Å². The number of hydrogen-bond acceptors (Lipinski definition) is 3. The summed E-state index contributed by atoms with van der Waals surface area (Å²) in [5, 5.41) is 4.71. The van der Waals surface area contributed by atoms with Crippen LogP contribution in [0, 0.1) is 16.7 Å². The zero-order chi connectivity index (χ0) is 18.6. The quantitative estimate of drug-likeness (QED) is 0.701. The van der Waals surface area contributed by atoms with Crippen LogP contribution in [-0.4, -0.2) is 19.3 Å². The minimum absolute atomic E-state index is 0.276. The molecule has 4 aliphatic carbocycles. The Kier molecular flexibility index (Phi) is 4.47. The minimum atomic E-state index is 0.276. The van der Waals surface area contributed by atoms with Gasteiger partial charge in [0.15, 0.2) is 11.5 Å². The zero-order valence-electron chi connectivity index (χ0n) is 16.6. The monoisotopic (exact) mass is 377 g/mol. The van der Waals surface area contributed by atoms with E-state index >= 15 is 0 Å². The lowest BCUT2D eigenvalue weighted by atomic mass is 9.43. The Hall–Kier alpha value is -0.930. The molecule has 1 aromatic rings. The standard InChI is InChI=1S/C22H32ClNO2/c1-5-26-19-7-17(23)16(6-18(19)25-4)11-24-22-10-15-8-20(2,13-22)12-21(3,9-15)14-22/h6-7,15,24H,5,8-14H2,1-4H3. The van der Waals surface area contributed by atoms with Gasteiger partial charge in [-0.25, -0.2) is 0 Å². The van der Waals surface area contributed by atoms with Crippen LogP contribution >= 0.6 is 11.6 Å². The maximum Gasteiger partial charge on any atom is 0.162 e. The van der Waals surface area contributed by atoms with Gasteiger partial charge >= 0.3 is 0 Å². The van der Waals surface area contributed by atoms with Gasteiger partial charge in [0.25, 0.3) is 0 Å². The summed E-state index contributed by atoms with van der Waals surface area (Å²) in [6.07, 6.45) is 8.17. The van der Waals surface area contributed by atoms with Gasteiger partial charge in [-0.2, -0.15) is 0 Å². The van der Waals surface area contributed by atoms with Crippen LogP contribution in [0.1, 0.15) is 64.9 Å². The van der Waals surface area contributed by atoms with Gasteiger partial charge in [-0.1, -0.05) is 25.4 Å². The summed E-state index contributed by atoms with van der Waals surface area (Å²) in [7, 11) is 1.68. The first-order chi connectivity index (χ1) is 12.3. The van der Waals surface area contributed by atoms with Crippen molar-refractivity contribution in [1.29, 1.82) is 0 Å². The molecule has 4 saturated carbocycles. The highest BCUT2D eigenvalue weighted by Crippen LogP contribution is 2.66. The number of ether oxygens (including phenoxy) is 2. The topological polar surface area (TPSA) is 30.5 Å². The normalized spacial score (nSPS) is 37.8. The molecule has 0 amide bonds. The second-order valence-electron chi connectivity index (χ2n) is 9.79. The number of hydrogen-bond donors (Lipinski definition) is 1. The third kappa shape index (κ3) is 3.22. The Balaban J connectivity index is 1.54. The molecule has 1 aromatic carbocycles. The molecular formula is C22H32ClNO2. The van der Waals surface area contributed by atoms with Crippen molar-refractivity contribution in [3.05, 3.63) is 22.7 Å². The van der Waals surface area contributed by atoms with E-state index in [1.54, 1.807) is 7.11 Å². The Morgan fingerprint density at radius 3 is 2.35 bits per heavy atom. The van der Waals surface area contributed by atoms with Crippen LogP contribution in [0.4, 0.5) is 0 Å². The van der Waals surface area contributed by atoms with Crippen molar-refractivity contribution in [1.82, 2.24) is 5.32 Å². The van der Waals surface area contributed by atoms with E-state index in [1.165, 1.54) is 38.5 Å². The van der Waals surface area contributed by atoms with Crippen LogP contribution in [0.25, 0.3) is 0 Å². The molecule has 3 nitrogen and oxygen atoms in total. The smallest absolute Gasteiger partial charge is 0.162 e. The average Bonchev–Trinajstić information content (AvgIpc) is 2.51. The van der Waals surface area contributed by atoms with Crippen LogP contribution < -0.4 is 14.8 Å². The van der Waals surface area contributed by atoms with E-state index in [0.29, 0.717) is 17.4 Å². The van der Waals surface area contributed by atoms with Crippen molar-refractivity contribution in [2.24, 2.45) is 16.7 Å². The summed E-state index contributed by atoms with van der Waals surface area (Å²) < 4.78 is 11.1. The highest BCUT2D eigenvalue weighted by molar-refractivity contribution is 6.31. The van der Waals surface area contributed by atoms with Crippen molar-refractivity contribution in [2.75, 3.05) is 13.7 Å². The highest BCUT2D eigenvalue weighted by Gasteiger charge is 2.59. The van der Waals surface area contributed by atoms with Gasteiger partial charge in [0, 0.05) is 23.2 Å². The lowest BCUT2D eigenvalue weighted by molar-refractivity contribution is -0.118. The Morgan fingerprint density at radius 2 is 1.77 bits per heavy atom. The molecule has 0 saturated heterocycles. The molecule has 2 atom stereocenters. The molecule has 0 aromatic heterocycles. The van der Waals surface area contributed by atoms with E-state index in [0.717, 1.165) is 34.5 Å². The van der Waals surface area contributed by atoms with E-state index in [-0.39, 0.29) is 5.54 Å². The van der Waals surface area contributed by atoms with Gasteiger partial charge in [-0.3, -0.25) is 0 Å². The third-order valence-corrected chi connectivity index (χ3v) is 7.26. The summed E-state index contributed by atoms with van der Waals surface area (Å²) in [6, 6.07) is 3.92. The molecule has 0 heterocycles. The lowest BCUT2D eigenvalue weighted by Crippen LogP contribution is -2.63. The molecule has 4 heteroatoms. The molecule has 2 unspecified atom stereocenters. The fourth-order valence-corrected chi connectivity index (χ4v) is 7.29. The number of rotatable bonds is 6. The molecule has 1 N–H and O–H groups in total. The van der Waals surface area contributed by atoms with E-state index in [9.17, 15) is 0 Å². The van der Waals surface area contributed by atoms with Crippen LogP contribution in [-0.2, 0) is 6.54 Å². The maximum absolute atomic E-state index is 6.56. The fourth-order valence-electron chi connectivity index (χ4n) is 7.07. The molecule has 0 aliphatic heterocycles. The lowest BCUT2D eigenvalue weighted by Gasteiger charge is -2.65. The van der Waals surface area contributed by atoms with E-state index in [1.807, 2.05) is 19.1 Å². The first kappa shape index (κ1) is 18.4. The molecule has 0 radical (unpaired) electrons. The van der Waals surface area contributed by atoms with E-state index in [4.69, 9.17) is 21.1 Å². The van der Waals surface area contributed by atoms with Gasteiger partial charge in [-0.15, -0.1) is 0 Å². The molecular weight excluding hydrogens is 346 g/mol. The van der Waals surface area contributed by atoms with Crippen molar-refractivity contribution < 1.29 is 9.47 Å². The van der Waals surface area contributed by atoms with Crippen LogP contribution in [0.5, 0.6) is 11.5 Å². The first-order valence-electron chi connectivity index (χ1n) is 10.0. The maximum atomic E-state index is 6.56. The Labute approximate surface area is 162 Å². The number of halogens is 1. The number of benzene rings is 1. The van der Waals surface area contributed by atoms with Gasteiger partial charge in [0.2, 0.25) is 0 Å². The Morgan fingerprint density at radius 1 is 1.08 bits per heavy atom. The van der Waals surface area contributed by atoms with Gasteiger partial charge in [0.05, 0.1) is 13.7 Å². The summed E-state index contributed by atoms with van der Waals surface area (Å²) >= 11 is 6.56. The second-order valence-corrected chi connectivity index (χ2v) is 10.2. The third-order valence-electron chi connectivity index (χ3n) is 6.91. The van der Waals surface area contributed by atoms with E-state index < -0.39 is 0 Å². The average molecular weight is 378 g/mol. The van der Waals surface area contributed by atoms with Crippen molar-refractivity contribution >= 4 is 11.6 Å². The van der Waals surface area contributed by atoms with Gasteiger partial charge in [-0.05, 0) is 73.8 Å². The molecule has 144 valence electrons. The predicted molar refractivity (Wildman–Crippen MR) is 106 cm³/mol. The largest absolute Gasteiger partial charge is 0.493 e. The number of nitrogens with one attached hydrogen (secondary N) is 1. The second kappa shape index (κ2) is 6.31. The van der Waals surface area contributed by atoms with Crippen molar-refractivity contribution in [3.63, 3.8) is 0 Å². The zero-order valence-corrected chi connectivity index (χ0v) is 17.3. The van der Waals surface area contributed by atoms with Crippen molar-refractivity contribution in [3.8, 4) is 11.5 Å². The van der Waals surface area contributed by atoms with Gasteiger partial charge < -0.3 is 14.8 Å². The molecule has 26 heavy (non-hydrogen) atoms. The first-order valence-corrected chi connectivity index (χ1v) is 10.4. The van der Waals surface area contributed by atoms with Crippen molar-refractivity contribution in [2.45, 2.75) is 71.4 Å². The van der Waals surface area contributed by atoms with Crippen LogP contribution in [0.15, 0.2) is 12.1 Å². The SMILES string of the molecule is CCOc1cc(Cl)c(CNC23CC4CC(C)(CC(C)(C4)C2)C3)cc1OC. The molecule has 5 rings (SSSR count). The highest BCUT2D eigenvalue weighted by atomic mass is 35.5. The predicted octanol–water partition coefficient (Wildman–Crippen LogP) is 5.59. The molecule has 4 aliphatic rings. The molecule has 4 fully saturated rings. The molecule has 4 bridgehead atoms. The Bertz CT molecular complexity index is 686. The van der Waals surface area contributed by atoms with Crippen LogP contribution in [0.2, 0.25) is 5.02 Å². The fraction of sp³-hybridized carbons (Fsp3) is 0.727. The summed E-state index contributed by atoms with van der Waals surface area (Å²) in [5.74, 6) is 2.37. The van der Waals surface area contributed by atoms with Gasteiger partial charge in [0.1, 0.15) is 0 Å².